The quantitative estimate of drug-likeness (QED) is 0.854. The van der Waals surface area contributed by atoms with Gasteiger partial charge in [-0.05, 0) is 30.7 Å². The molecule has 0 spiro atoms. The van der Waals surface area contributed by atoms with Crippen LogP contribution in [0.1, 0.15) is 32.2 Å². The summed E-state index contributed by atoms with van der Waals surface area (Å²) in [7, 11) is 1.91. The van der Waals surface area contributed by atoms with Crippen LogP contribution in [0, 0.1) is 12.7 Å². The van der Waals surface area contributed by atoms with Gasteiger partial charge in [-0.25, -0.2) is 9.37 Å². The van der Waals surface area contributed by atoms with E-state index in [4.69, 9.17) is 5.73 Å². The van der Waals surface area contributed by atoms with Crippen molar-refractivity contribution in [1.82, 2.24) is 9.55 Å². The van der Waals surface area contributed by atoms with Gasteiger partial charge in [0.25, 0.3) is 0 Å². The maximum absolute atomic E-state index is 13.3. The lowest BCUT2D eigenvalue weighted by Crippen LogP contribution is -2.17. The highest BCUT2D eigenvalue weighted by atomic mass is 19.1. The van der Waals surface area contributed by atoms with E-state index in [2.05, 4.69) is 25.8 Å². The highest BCUT2D eigenvalue weighted by Crippen LogP contribution is 2.31. The summed E-state index contributed by atoms with van der Waals surface area (Å²) >= 11 is 0. The van der Waals surface area contributed by atoms with Crippen LogP contribution in [-0.4, -0.2) is 9.55 Å². The van der Waals surface area contributed by atoms with E-state index in [1.54, 1.807) is 19.1 Å². The Labute approximate surface area is 113 Å². The number of hydrogen-bond acceptors (Lipinski definition) is 2. The van der Waals surface area contributed by atoms with Crippen molar-refractivity contribution in [2.24, 2.45) is 7.05 Å². The fourth-order valence-electron chi connectivity index (χ4n) is 2.19. The third-order valence-corrected chi connectivity index (χ3v) is 3.24. The fraction of sp³-hybridized carbons (Fsp3) is 0.400. The Balaban J connectivity index is 2.60. The predicted octanol–water partition coefficient (Wildman–Crippen LogP) is 3.41. The van der Waals surface area contributed by atoms with Crippen molar-refractivity contribution < 1.29 is 4.39 Å². The summed E-state index contributed by atoms with van der Waals surface area (Å²) in [5.41, 5.74) is 8.20. The molecule has 0 atom stereocenters. The van der Waals surface area contributed by atoms with Crippen molar-refractivity contribution >= 4 is 5.82 Å². The second-order valence-electron chi connectivity index (χ2n) is 5.94. The van der Waals surface area contributed by atoms with Gasteiger partial charge in [0.2, 0.25) is 0 Å². The first-order chi connectivity index (χ1) is 8.71. The minimum Gasteiger partial charge on any atom is -0.383 e. The van der Waals surface area contributed by atoms with Crippen molar-refractivity contribution in [2.75, 3.05) is 5.73 Å². The molecule has 2 aromatic rings. The van der Waals surface area contributed by atoms with Gasteiger partial charge in [0.1, 0.15) is 23.2 Å². The first-order valence-corrected chi connectivity index (χ1v) is 6.31. The molecule has 0 radical (unpaired) electrons. The lowest BCUT2D eigenvalue weighted by atomic mass is 9.96. The van der Waals surface area contributed by atoms with Crippen LogP contribution >= 0.6 is 0 Å². The number of nitrogen functional groups attached to an aromatic ring is 1. The summed E-state index contributed by atoms with van der Waals surface area (Å²) < 4.78 is 15.2. The minimum absolute atomic E-state index is 0.0871. The Morgan fingerprint density at radius 3 is 2.37 bits per heavy atom. The molecule has 0 aliphatic carbocycles. The van der Waals surface area contributed by atoms with Crippen LogP contribution in [0.25, 0.3) is 11.3 Å². The summed E-state index contributed by atoms with van der Waals surface area (Å²) in [6.07, 6.45) is 0. The third kappa shape index (κ3) is 2.35. The molecule has 0 saturated carbocycles. The number of halogens is 1. The van der Waals surface area contributed by atoms with Gasteiger partial charge in [-0.1, -0.05) is 20.8 Å². The van der Waals surface area contributed by atoms with E-state index >= 15 is 0 Å². The van der Waals surface area contributed by atoms with E-state index in [1.165, 1.54) is 6.07 Å². The Hall–Kier alpha value is -1.84. The molecule has 2 N–H and O–H groups in total. The van der Waals surface area contributed by atoms with Crippen molar-refractivity contribution in [3.63, 3.8) is 0 Å². The molecule has 0 saturated heterocycles. The van der Waals surface area contributed by atoms with Gasteiger partial charge in [-0.2, -0.15) is 0 Å². The Kier molecular flexibility index (Phi) is 3.12. The van der Waals surface area contributed by atoms with E-state index in [1.807, 2.05) is 11.6 Å². The molecule has 2 rings (SSSR count). The van der Waals surface area contributed by atoms with E-state index in [9.17, 15) is 4.39 Å². The van der Waals surface area contributed by atoms with Gasteiger partial charge in [0.15, 0.2) is 0 Å². The van der Waals surface area contributed by atoms with Crippen molar-refractivity contribution in [1.29, 1.82) is 0 Å². The van der Waals surface area contributed by atoms with E-state index in [0.29, 0.717) is 11.4 Å². The maximum Gasteiger partial charge on any atom is 0.131 e. The third-order valence-electron chi connectivity index (χ3n) is 3.24. The zero-order chi connectivity index (χ0) is 14.4. The number of anilines is 1. The molecule has 0 amide bonds. The summed E-state index contributed by atoms with van der Waals surface area (Å²) in [6, 6.07) is 4.95. The largest absolute Gasteiger partial charge is 0.383 e. The van der Waals surface area contributed by atoms with E-state index in [-0.39, 0.29) is 11.2 Å². The van der Waals surface area contributed by atoms with Crippen LogP contribution < -0.4 is 5.73 Å². The lowest BCUT2D eigenvalue weighted by Gasteiger charge is -2.17. The first-order valence-electron chi connectivity index (χ1n) is 6.31. The average Bonchev–Trinajstić information content (AvgIpc) is 2.60. The van der Waals surface area contributed by atoms with Crippen molar-refractivity contribution in [2.45, 2.75) is 33.1 Å². The van der Waals surface area contributed by atoms with Gasteiger partial charge in [-0.15, -0.1) is 0 Å². The smallest absolute Gasteiger partial charge is 0.131 e. The molecular weight excluding hydrogens is 241 g/mol. The molecule has 102 valence electrons. The topological polar surface area (TPSA) is 43.8 Å². The van der Waals surface area contributed by atoms with Crippen molar-refractivity contribution in [3.05, 3.63) is 35.4 Å². The zero-order valence-electron chi connectivity index (χ0n) is 12.1. The number of aromatic nitrogens is 2. The number of benzene rings is 1. The Morgan fingerprint density at radius 1 is 1.26 bits per heavy atom. The molecule has 0 unspecified atom stereocenters. The van der Waals surface area contributed by atoms with Gasteiger partial charge >= 0.3 is 0 Å². The highest BCUT2D eigenvalue weighted by Gasteiger charge is 2.23. The average molecular weight is 261 g/mol. The second-order valence-corrected chi connectivity index (χ2v) is 5.94. The minimum atomic E-state index is -0.214. The Bertz CT molecular complexity index is 621. The summed E-state index contributed by atoms with van der Waals surface area (Å²) in [5.74, 6) is 1.31. The lowest BCUT2D eigenvalue weighted by molar-refractivity contribution is 0.524. The predicted molar refractivity (Wildman–Crippen MR) is 76.5 cm³/mol. The van der Waals surface area contributed by atoms with Gasteiger partial charge in [0, 0.05) is 18.0 Å². The van der Waals surface area contributed by atoms with Gasteiger partial charge in [0.05, 0.1) is 0 Å². The fourth-order valence-corrected chi connectivity index (χ4v) is 2.19. The molecule has 1 aromatic carbocycles. The number of nitrogens with two attached hydrogens (primary N) is 1. The number of imidazole rings is 1. The van der Waals surface area contributed by atoms with Crippen LogP contribution in [-0.2, 0) is 12.5 Å². The molecule has 1 heterocycles. The normalized spacial score (nSPS) is 11.9. The summed E-state index contributed by atoms with van der Waals surface area (Å²) in [4.78, 5) is 4.64. The van der Waals surface area contributed by atoms with E-state index in [0.717, 1.165) is 17.1 Å². The Morgan fingerprint density at radius 2 is 1.89 bits per heavy atom. The van der Waals surface area contributed by atoms with Crippen LogP contribution in [0.3, 0.4) is 0 Å². The number of rotatable bonds is 1. The molecule has 0 aliphatic heterocycles. The highest BCUT2D eigenvalue weighted by molar-refractivity contribution is 5.71. The van der Waals surface area contributed by atoms with Crippen LogP contribution in [0.15, 0.2) is 18.2 Å². The van der Waals surface area contributed by atoms with Gasteiger partial charge < -0.3 is 10.3 Å². The number of nitrogens with zero attached hydrogens (tertiary/aromatic N) is 2. The summed E-state index contributed by atoms with van der Waals surface area (Å²) in [5, 5.41) is 0. The SMILES string of the molecule is Cc1cc(-c2nc(C(C)(C)C)n(C)c2N)ccc1F. The molecule has 4 heteroatoms. The van der Waals surface area contributed by atoms with Crippen LogP contribution in [0.2, 0.25) is 0 Å². The second kappa shape index (κ2) is 4.37. The molecule has 3 nitrogen and oxygen atoms in total. The van der Waals surface area contributed by atoms with Crippen LogP contribution in [0.4, 0.5) is 10.2 Å². The van der Waals surface area contributed by atoms with Crippen molar-refractivity contribution in [3.8, 4) is 11.3 Å². The zero-order valence-corrected chi connectivity index (χ0v) is 12.1. The molecular formula is C15H20FN3. The molecule has 1 aromatic heterocycles. The monoisotopic (exact) mass is 261 g/mol. The standard InChI is InChI=1S/C15H20FN3/c1-9-8-10(6-7-11(9)16)12-13(17)19(5)14(18-12)15(2,3)4/h6-8H,17H2,1-5H3. The molecule has 19 heavy (non-hydrogen) atoms. The maximum atomic E-state index is 13.3. The van der Waals surface area contributed by atoms with Crippen LogP contribution in [0.5, 0.6) is 0 Å². The molecule has 0 fully saturated rings. The number of hydrogen-bond donors (Lipinski definition) is 1. The molecule has 0 aliphatic rings. The van der Waals surface area contributed by atoms with E-state index < -0.39 is 0 Å². The number of aryl methyl sites for hydroxylation is 1. The summed E-state index contributed by atoms with van der Waals surface area (Å²) in [6.45, 7) is 8.01. The molecule has 0 bridgehead atoms. The van der Waals surface area contributed by atoms with Gasteiger partial charge in [-0.3, -0.25) is 0 Å². The first kappa shape index (κ1) is 13.6.